The van der Waals surface area contributed by atoms with Gasteiger partial charge in [-0.1, -0.05) is 29.3 Å². The summed E-state index contributed by atoms with van der Waals surface area (Å²) in [5.74, 6) is 0.0750. The van der Waals surface area contributed by atoms with Crippen LogP contribution in [0, 0.1) is 6.92 Å². The van der Waals surface area contributed by atoms with E-state index in [9.17, 15) is 13.5 Å². The van der Waals surface area contributed by atoms with Crippen molar-refractivity contribution in [1.29, 1.82) is 0 Å². The number of benzene rings is 2. The van der Waals surface area contributed by atoms with Gasteiger partial charge >= 0.3 is 10.1 Å². The minimum atomic E-state index is -4.04. The standard InChI is InChI=1S/C16H17ClO5S/c1-3-21-15-9-12(10-18)8-14(17)16(15)22-23(19,20)13-6-4-11(2)5-7-13/h4-9,18H,3,10H2,1-2H3. The number of ether oxygens (including phenoxy) is 1. The minimum Gasteiger partial charge on any atom is -0.490 e. The zero-order valence-corrected chi connectivity index (χ0v) is 14.3. The average Bonchev–Trinajstić information content (AvgIpc) is 2.51. The topological polar surface area (TPSA) is 72.8 Å². The molecular weight excluding hydrogens is 340 g/mol. The van der Waals surface area contributed by atoms with Crippen molar-refractivity contribution in [2.75, 3.05) is 6.61 Å². The highest BCUT2D eigenvalue weighted by molar-refractivity contribution is 7.87. The molecule has 0 aliphatic carbocycles. The third-order valence-corrected chi connectivity index (χ3v) is 4.57. The highest BCUT2D eigenvalue weighted by atomic mass is 35.5. The van der Waals surface area contributed by atoms with Gasteiger partial charge in [0.2, 0.25) is 5.75 Å². The molecule has 0 radical (unpaired) electrons. The second-order valence-corrected chi connectivity index (χ2v) is 6.80. The summed E-state index contributed by atoms with van der Waals surface area (Å²) in [6.45, 7) is 3.66. The molecule has 0 saturated heterocycles. The fourth-order valence-electron chi connectivity index (χ4n) is 1.92. The van der Waals surface area contributed by atoms with E-state index in [4.69, 9.17) is 20.5 Å². The Hall–Kier alpha value is -1.76. The second-order valence-electron chi connectivity index (χ2n) is 4.85. The van der Waals surface area contributed by atoms with Gasteiger partial charge in [0.1, 0.15) is 4.90 Å². The van der Waals surface area contributed by atoms with Crippen molar-refractivity contribution >= 4 is 21.7 Å². The highest BCUT2D eigenvalue weighted by Gasteiger charge is 2.22. The highest BCUT2D eigenvalue weighted by Crippen LogP contribution is 2.38. The molecule has 0 aliphatic rings. The Morgan fingerprint density at radius 3 is 2.39 bits per heavy atom. The van der Waals surface area contributed by atoms with Gasteiger partial charge in [-0.15, -0.1) is 0 Å². The van der Waals surface area contributed by atoms with Gasteiger partial charge in [0, 0.05) is 0 Å². The van der Waals surface area contributed by atoms with E-state index in [1.165, 1.54) is 24.3 Å². The molecule has 0 atom stereocenters. The maximum Gasteiger partial charge on any atom is 0.339 e. The van der Waals surface area contributed by atoms with Crippen molar-refractivity contribution in [3.8, 4) is 11.5 Å². The Labute approximate surface area is 140 Å². The Kier molecular flexibility index (Phi) is 5.51. The Morgan fingerprint density at radius 1 is 1.17 bits per heavy atom. The maximum atomic E-state index is 12.4. The van der Waals surface area contributed by atoms with E-state index in [0.717, 1.165) is 5.56 Å². The molecule has 1 N–H and O–H groups in total. The molecule has 0 amide bonds. The summed E-state index contributed by atoms with van der Waals surface area (Å²) in [4.78, 5) is 0.0212. The average molecular weight is 357 g/mol. The van der Waals surface area contributed by atoms with Crippen LogP contribution in [0.5, 0.6) is 11.5 Å². The largest absolute Gasteiger partial charge is 0.490 e. The third-order valence-electron chi connectivity index (χ3n) is 3.05. The van der Waals surface area contributed by atoms with Gasteiger partial charge in [-0.25, -0.2) is 0 Å². The Balaban J connectivity index is 2.43. The smallest absolute Gasteiger partial charge is 0.339 e. The second kappa shape index (κ2) is 7.21. The molecule has 124 valence electrons. The molecule has 2 rings (SSSR count). The van der Waals surface area contributed by atoms with Crippen molar-refractivity contribution in [2.45, 2.75) is 25.3 Å². The summed E-state index contributed by atoms with van der Waals surface area (Å²) in [6, 6.07) is 9.20. The van der Waals surface area contributed by atoms with Crippen molar-refractivity contribution < 1.29 is 22.4 Å². The molecule has 23 heavy (non-hydrogen) atoms. The zero-order chi connectivity index (χ0) is 17.0. The molecule has 0 aromatic heterocycles. The predicted octanol–water partition coefficient (Wildman–Crippen LogP) is 3.31. The number of hydrogen-bond acceptors (Lipinski definition) is 5. The first kappa shape index (κ1) is 17.6. The van der Waals surface area contributed by atoms with E-state index in [2.05, 4.69) is 0 Å². The van der Waals surface area contributed by atoms with Crippen molar-refractivity contribution in [2.24, 2.45) is 0 Å². The van der Waals surface area contributed by atoms with Crippen LogP contribution in [0.2, 0.25) is 5.02 Å². The lowest BCUT2D eigenvalue weighted by Gasteiger charge is -2.14. The van der Waals surface area contributed by atoms with Crippen LogP contribution in [-0.2, 0) is 16.7 Å². The molecule has 0 unspecified atom stereocenters. The van der Waals surface area contributed by atoms with Crippen LogP contribution >= 0.6 is 11.6 Å². The number of rotatable bonds is 6. The summed E-state index contributed by atoms with van der Waals surface area (Å²) in [7, 11) is -4.04. The van der Waals surface area contributed by atoms with Gasteiger partial charge in [0.15, 0.2) is 5.75 Å². The number of halogens is 1. The van der Waals surface area contributed by atoms with E-state index in [1.54, 1.807) is 19.1 Å². The van der Waals surface area contributed by atoms with Crippen LogP contribution in [0.1, 0.15) is 18.1 Å². The molecule has 2 aromatic rings. The van der Waals surface area contributed by atoms with Gasteiger partial charge in [0.05, 0.1) is 18.2 Å². The molecule has 0 spiro atoms. The number of aliphatic hydroxyl groups excluding tert-OH is 1. The quantitative estimate of drug-likeness (QED) is 0.804. The van der Waals surface area contributed by atoms with Gasteiger partial charge in [0.25, 0.3) is 0 Å². The Bertz CT molecular complexity index is 785. The number of hydrogen-bond donors (Lipinski definition) is 1. The first-order chi connectivity index (χ1) is 10.9. The van der Waals surface area contributed by atoms with Gasteiger partial charge in [-0.2, -0.15) is 8.42 Å². The van der Waals surface area contributed by atoms with Gasteiger partial charge < -0.3 is 14.0 Å². The van der Waals surface area contributed by atoms with E-state index in [-0.39, 0.29) is 28.0 Å². The van der Waals surface area contributed by atoms with Crippen LogP contribution in [0.25, 0.3) is 0 Å². The van der Waals surface area contributed by atoms with Crippen LogP contribution in [0.3, 0.4) is 0 Å². The van der Waals surface area contributed by atoms with E-state index in [1.807, 2.05) is 6.92 Å². The molecule has 0 saturated carbocycles. The summed E-state index contributed by atoms with van der Waals surface area (Å²) in [5, 5.41) is 9.26. The fraction of sp³-hybridized carbons (Fsp3) is 0.250. The van der Waals surface area contributed by atoms with Crippen LogP contribution in [-0.4, -0.2) is 20.1 Å². The molecular formula is C16H17ClO5S. The lowest BCUT2D eigenvalue weighted by molar-refractivity contribution is 0.279. The van der Waals surface area contributed by atoms with Gasteiger partial charge in [-0.3, -0.25) is 0 Å². The molecule has 0 heterocycles. The predicted molar refractivity (Wildman–Crippen MR) is 87.5 cm³/mol. The van der Waals surface area contributed by atoms with Gasteiger partial charge in [-0.05, 0) is 43.7 Å². The van der Waals surface area contributed by atoms with Crippen molar-refractivity contribution in [1.82, 2.24) is 0 Å². The third kappa shape index (κ3) is 4.16. The summed E-state index contributed by atoms with van der Waals surface area (Å²) in [6.07, 6.45) is 0. The first-order valence-corrected chi connectivity index (χ1v) is 8.73. The molecule has 7 heteroatoms. The van der Waals surface area contributed by atoms with Crippen molar-refractivity contribution in [3.05, 3.63) is 52.5 Å². The number of aryl methyl sites for hydroxylation is 1. The lowest BCUT2D eigenvalue weighted by atomic mass is 10.2. The summed E-state index contributed by atoms with van der Waals surface area (Å²) in [5.41, 5.74) is 1.43. The lowest BCUT2D eigenvalue weighted by Crippen LogP contribution is -2.11. The normalized spacial score (nSPS) is 11.3. The van der Waals surface area contributed by atoms with E-state index >= 15 is 0 Å². The maximum absolute atomic E-state index is 12.4. The first-order valence-electron chi connectivity index (χ1n) is 6.94. The Morgan fingerprint density at radius 2 is 1.83 bits per heavy atom. The van der Waals surface area contributed by atoms with E-state index in [0.29, 0.717) is 12.2 Å². The van der Waals surface area contributed by atoms with Crippen molar-refractivity contribution in [3.63, 3.8) is 0 Å². The molecule has 5 nitrogen and oxygen atoms in total. The summed E-state index contributed by atoms with van der Waals surface area (Å²) < 4.78 is 35.3. The molecule has 2 aromatic carbocycles. The minimum absolute atomic E-state index is 0.0212. The fourth-order valence-corrected chi connectivity index (χ4v) is 3.19. The number of aliphatic hydroxyl groups is 1. The van der Waals surface area contributed by atoms with E-state index < -0.39 is 10.1 Å². The molecule has 0 bridgehead atoms. The van der Waals surface area contributed by atoms with Crippen LogP contribution in [0.15, 0.2) is 41.3 Å². The monoisotopic (exact) mass is 356 g/mol. The van der Waals surface area contributed by atoms with Crippen LogP contribution in [0.4, 0.5) is 0 Å². The molecule has 0 fully saturated rings. The van der Waals surface area contributed by atoms with Crippen LogP contribution < -0.4 is 8.92 Å². The summed E-state index contributed by atoms with van der Waals surface area (Å²) >= 11 is 6.09. The SMILES string of the molecule is CCOc1cc(CO)cc(Cl)c1OS(=O)(=O)c1ccc(C)cc1. The molecule has 0 aliphatic heterocycles. The zero-order valence-electron chi connectivity index (χ0n) is 12.7.